The maximum atomic E-state index is 10.6. The van der Waals surface area contributed by atoms with E-state index in [1.54, 1.807) is 12.1 Å². The summed E-state index contributed by atoms with van der Waals surface area (Å²) in [6, 6.07) is 7.18. The van der Waals surface area contributed by atoms with Gasteiger partial charge in [-0.15, -0.1) is 0 Å². The molecule has 0 radical (unpaired) electrons. The summed E-state index contributed by atoms with van der Waals surface area (Å²) in [6.45, 7) is 4.42. The zero-order valence-electron chi connectivity index (χ0n) is 9.36. The van der Waals surface area contributed by atoms with Gasteiger partial charge in [0.1, 0.15) is 0 Å². The highest BCUT2D eigenvalue weighted by Crippen LogP contribution is 2.14. The van der Waals surface area contributed by atoms with E-state index in [2.05, 4.69) is 13.8 Å². The molecule has 0 aliphatic rings. The molecule has 0 saturated carbocycles. The van der Waals surface area contributed by atoms with Gasteiger partial charge in [0.05, 0.1) is 5.56 Å². The van der Waals surface area contributed by atoms with Gasteiger partial charge in [0.2, 0.25) is 0 Å². The van der Waals surface area contributed by atoms with Gasteiger partial charge >= 0.3 is 5.97 Å². The molecular weight excluding hydrogens is 188 g/mol. The number of rotatable bonds is 5. The summed E-state index contributed by atoms with van der Waals surface area (Å²) in [5.74, 6) is -0.186. The third kappa shape index (κ3) is 3.74. The first-order valence-electron chi connectivity index (χ1n) is 5.45. The van der Waals surface area contributed by atoms with Crippen molar-refractivity contribution in [2.24, 2.45) is 5.92 Å². The van der Waals surface area contributed by atoms with Gasteiger partial charge in [-0.3, -0.25) is 0 Å². The molecule has 1 aromatic carbocycles. The molecule has 0 fully saturated rings. The Hall–Kier alpha value is -1.31. The Kier molecular flexibility index (Phi) is 4.35. The van der Waals surface area contributed by atoms with Crippen LogP contribution in [-0.2, 0) is 6.42 Å². The highest BCUT2D eigenvalue weighted by molar-refractivity contribution is 5.87. The van der Waals surface area contributed by atoms with Crippen LogP contribution in [0.15, 0.2) is 24.3 Å². The van der Waals surface area contributed by atoms with Crippen LogP contribution in [0, 0.1) is 5.92 Å². The van der Waals surface area contributed by atoms with E-state index in [0.717, 1.165) is 6.42 Å². The monoisotopic (exact) mass is 206 g/mol. The maximum absolute atomic E-state index is 10.6. The van der Waals surface area contributed by atoms with E-state index in [-0.39, 0.29) is 0 Å². The average Bonchev–Trinajstić information content (AvgIpc) is 2.18. The molecule has 82 valence electrons. The molecule has 0 spiro atoms. The van der Waals surface area contributed by atoms with E-state index < -0.39 is 5.97 Å². The Bertz CT molecular complexity index is 314. The van der Waals surface area contributed by atoms with Crippen molar-refractivity contribution in [2.45, 2.75) is 33.1 Å². The van der Waals surface area contributed by atoms with E-state index >= 15 is 0 Å². The van der Waals surface area contributed by atoms with Crippen molar-refractivity contribution in [1.82, 2.24) is 0 Å². The Morgan fingerprint density at radius 2 is 1.93 bits per heavy atom. The minimum absolute atomic E-state index is 0.363. The topological polar surface area (TPSA) is 37.3 Å². The molecule has 0 aliphatic carbocycles. The first kappa shape index (κ1) is 11.8. The number of aromatic carboxylic acids is 1. The molecule has 2 heteroatoms. The lowest BCUT2D eigenvalue weighted by molar-refractivity contribution is 0.0697. The Labute approximate surface area is 90.9 Å². The number of hydrogen-bond acceptors (Lipinski definition) is 1. The van der Waals surface area contributed by atoms with Crippen molar-refractivity contribution in [1.29, 1.82) is 0 Å². The van der Waals surface area contributed by atoms with Crippen LogP contribution in [0.1, 0.15) is 42.6 Å². The fraction of sp³-hybridized carbons (Fsp3) is 0.462. The molecule has 0 heterocycles. The van der Waals surface area contributed by atoms with Crippen LogP contribution in [0.5, 0.6) is 0 Å². The van der Waals surface area contributed by atoms with Crippen LogP contribution in [-0.4, -0.2) is 11.1 Å². The molecule has 2 nitrogen and oxygen atoms in total. The van der Waals surface area contributed by atoms with E-state index in [0.29, 0.717) is 11.5 Å². The normalized spacial score (nSPS) is 12.4. The van der Waals surface area contributed by atoms with Crippen molar-refractivity contribution in [3.63, 3.8) is 0 Å². The van der Waals surface area contributed by atoms with Gasteiger partial charge in [-0.25, -0.2) is 4.79 Å². The molecular formula is C13H18O2. The molecule has 1 rings (SSSR count). The standard InChI is InChI=1S/C13H18O2/c1-3-4-10(2)9-11-5-7-12(8-6-11)13(14)15/h5-8,10H,3-4,9H2,1-2H3,(H,14,15)/t10-/m1/s1. The predicted molar refractivity (Wildman–Crippen MR) is 61.2 cm³/mol. The lowest BCUT2D eigenvalue weighted by Gasteiger charge is -2.09. The number of hydrogen-bond donors (Lipinski definition) is 1. The molecule has 0 unspecified atom stereocenters. The summed E-state index contributed by atoms with van der Waals surface area (Å²) >= 11 is 0. The number of carboxylic acids is 1. The Balaban J connectivity index is 2.60. The molecule has 1 atom stereocenters. The largest absolute Gasteiger partial charge is 0.478 e. The number of carbonyl (C=O) groups is 1. The molecule has 0 saturated heterocycles. The smallest absolute Gasteiger partial charge is 0.335 e. The van der Waals surface area contributed by atoms with E-state index in [4.69, 9.17) is 5.11 Å². The van der Waals surface area contributed by atoms with Crippen LogP contribution in [0.25, 0.3) is 0 Å². The van der Waals surface area contributed by atoms with E-state index in [1.165, 1.54) is 18.4 Å². The Morgan fingerprint density at radius 1 is 1.33 bits per heavy atom. The SMILES string of the molecule is CCC[C@@H](C)Cc1ccc(C(=O)O)cc1. The molecule has 15 heavy (non-hydrogen) atoms. The second kappa shape index (κ2) is 5.54. The second-order valence-electron chi connectivity index (χ2n) is 4.10. The molecule has 1 aromatic rings. The second-order valence-corrected chi connectivity index (χ2v) is 4.10. The van der Waals surface area contributed by atoms with Gasteiger partial charge in [-0.1, -0.05) is 38.8 Å². The van der Waals surface area contributed by atoms with Crippen molar-refractivity contribution in [2.75, 3.05) is 0 Å². The highest BCUT2D eigenvalue weighted by atomic mass is 16.4. The fourth-order valence-electron chi connectivity index (χ4n) is 1.78. The van der Waals surface area contributed by atoms with Crippen molar-refractivity contribution >= 4 is 5.97 Å². The lowest BCUT2D eigenvalue weighted by Crippen LogP contribution is -2.00. The van der Waals surface area contributed by atoms with Gasteiger partial charge in [0, 0.05) is 0 Å². The quantitative estimate of drug-likeness (QED) is 0.802. The summed E-state index contributed by atoms with van der Waals surface area (Å²) in [7, 11) is 0. The summed E-state index contributed by atoms with van der Waals surface area (Å²) in [5.41, 5.74) is 1.59. The number of carboxylic acid groups (broad SMARTS) is 1. The predicted octanol–water partition coefficient (Wildman–Crippen LogP) is 3.36. The maximum Gasteiger partial charge on any atom is 0.335 e. The summed E-state index contributed by atoms with van der Waals surface area (Å²) in [6.07, 6.45) is 3.46. The molecule has 0 bridgehead atoms. The Morgan fingerprint density at radius 3 is 2.40 bits per heavy atom. The first-order valence-corrected chi connectivity index (χ1v) is 5.45. The summed E-state index contributed by atoms with van der Waals surface area (Å²) in [5, 5.41) is 8.74. The number of benzene rings is 1. The van der Waals surface area contributed by atoms with Crippen molar-refractivity contribution < 1.29 is 9.90 Å². The van der Waals surface area contributed by atoms with Crippen LogP contribution in [0.4, 0.5) is 0 Å². The van der Waals surface area contributed by atoms with Crippen LogP contribution < -0.4 is 0 Å². The lowest BCUT2D eigenvalue weighted by atomic mass is 9.96. The van der Waals surface area contributed by atoms with Gasteiger partial charge in [-0.2, -0.15) is 0 Å². The van der Waals surface area contributed by atoms with E-state index in [1.807, 2.05) is 12.1 Å². The minimum Gasteiger partial charge on any atom is -0.478 e. The molecule has 1 N–H and O–H groups in total. The van der Waals surface area contributed by atoms with E-state index in [9.17, 15) is 4.79 Å². The third-order valence-corrected chi connectivity index (χ3v) is 2.57. The fourth-order valence-corrected chi connectivity index (χ4v) is 1.78. The first-order chi connectivity index (χ1) is 7.13. The van der Waals surface area contributed by atoms with Crippen LogP contribution in [0.2, 0.25) is 0 Å². The average molecular weight is 206 g/mol. The van der Waals surface area contributed by atoms with Crippen molar-refractivity contribution in [3.8, 4) is 0 Å². The van der Waals surface area contributed by atoms with Gasteiger partial charge in [-0.05, 0) is 30.0 Å². The molecule has 0 aliphatic heterocycles. The van der Waals surface area contributed by atoms with Crippen LogP contribution >= 0.6 is 0 Å². The zero-order valence-corrected chi connectivity index (χ0v) is 9.36. The van der Waals surface area contributed by atoms with Gasteiger partial charge in [0.25, 0.3) is 0 Å². The summed E-state index contributed by atoms with van der Waals surface area (Å²) in [4.78, 5) is 10.6. The zero-order chi connectivity index (χ0) is 11.3. The van der Waals surface area contributed by atoms with Gasteiger partial charge < -0.3 is 5.11 Å². The molecule has 0 aromatic heterocycles. The third-order valence-electron chi connectivity index (χ3n) is 2.57. The minimum atomic E-state index is -0.858. The van der Waals surface area contributed by atoms with Crippen LogP contribution in [0.3, 0.4) is 0 Å². The van der Waals surface area contributed by atoms with Gasteiger partial charge in [0.15, 0.2) is 0 Å². The molecule has 0 amide bonds. The summed E-state index contributed by atoms with van der Waals surface area (Å²) < 4.78 is 0. The van der Waals surface area contributed by atoms with Crippen molar-refractivity contribution in [3.05, 3.63) is 35.4 Å². The highest BCUT2D eigenvalue weighted by Gasteiger charge is 2.04.